The molecule has 15 heavy (non-hydrogen) atoms. The highest BCUT2D eigenvalue weighted by Crippen LogP contribution is 2.12. The Kier molecular flexibility index (Phi) is 3.99. The van der Waals surface area contributed by atoms with Crippen molar-refractivity contribution in [3.05, 3.63) is 12.2 Å². The van der Waals surface area contributed by atoms with Gasteiger partial charge in [0, 0.05) is 13.0 Å². The summed E-state index contributed by atoms with van der Waals surface area (Å²) in [6.07, 6.45) is 0.779. The fourth-order valence-corrected chi connectivity index (χ4v) is 1.64. The van der Waals surface area contributed by atoms with Gasteiger partial charge < -0.3 is 5.11 Å². The molecular formula is C10H16N2O3. The monoisotopic (exact) mass is 212 g/mol. The maximum Gasteiger partial charge on any atom is 0.243 e. The molecule has 1 unspecified atom stereocenters. The third-order valence-corrected chi connectivity index (χ3v) is 2.31. The van der Waals surface area contributed by atoms with Crippen LogP contribution >= 0.6 is 0 Å². The van der Waals surface area contributed by atoms with Crippen molar-refractivity contribution in [2.75, 3.05) is 13.3 Å². The zero-order valence-electron chi connectivity index (χ0n) is 8.82. The van der Waals surface area contributed by atoms with Crippen LogP contribution in [0.1, 0.15) is 19.8 Å². The summed E-state index contributed by atoms with van der Waals surface area (Å²) in [5.74, 6) is -0.578. The number of rotatable bonds is 4. The molecule has 1 heterocycles. The fourth-order valence-electron chi connectivity index (χ4n) is 1.64. The van der Waals surface area contributed by atoms with E-state index in [1.54, 1.807) is 4.90 Å². The molecular weight excluding hydrogens is 196 g/mol. The molecule has 1 aliphatic heterocycles. The van der Waals surface area contributed by atoms with Crippen LogP contribution in [0.4, 0.5) is 0 Å². The molecule has 1 rings (SSSR count). The average molecular weight is 212 g/mol. The SMILES string of the molecule is C=C(C)CN(CO)C1CCC(=O)NC1=O. The summed E-state index contributed by atoms with van der Waals surface area (Å²) in [7, 11) is 0. The van der Waals surface area contributed by atoms with Gasteiger partial charge in [0.15, 0.2) is 0 Å². The van der Waals surface area contributed by atoms with E-state index in [-0.39, 0.29) is 18.5 Å². The van der Waals surface area contributed by atoms with E-state index in [1.165, 1.54) is 0 Å². The Labute approximate surface area is 88.8 Å². The Hall–Kier alpha value is -1.20. The minimum absolute atomic E-state index is 0.209. The average Bonchev–Trinajstić information content (AvgIpc) is 2.14. The first-order valence-corrected chi connectivity index (χ1v) is 4.87. The van der Waals surface area contributed by atoms with E-state index in [0.717, 1.165) is 5.57 Å². The van der Waals surface area contributed by atoms with Crippen LogP contribution < -0.4 is 5.32 Å². The number of aliphatic hydroxyl groups excluding tert-OH is 1. The molecule has 1 saturated heterocycles. The minimum Gasteiger partial charge on any atom is -0.381 e. The Morgan fingerprint density at radius 2 is 2.33 bits per heavy atom. The first-order valence-electron chi connectivity index (χ1n) is 4.87. The van der Waals surface area contributed by atoms with Crippen LogP contribution in [0.15, 0.2) is 12.2 Å². The number of hydrogen-bond acceptors (Lipinski definition) is 4. The van der Waals surface area contributed by atoms with Gasteiger partial charge >= 0.3 is 0 Å². The first kappa shape index (κ1) is 11.9. The van der Waals surface area contributed by atoms with Gasteiger partial charge in [-0.1, -0.05) is 12.2 Å². The van der Waals surface area contributed by atoms with Crippen LogP contribution in [0.2, 0.25) is 0 Å². The summed E-state index contributed by atoms with van der Waals surface area (Å²) < 4.78 is 0. The maximum absolute atomic E-state index is 11.5. The van der Waals surface area contributed by atoms with Gasteiger partial charge in [0.05, 0.1) is 12.8 Å². The van der Waals surface area contributed by atoms with Gasteiger partial charge in [0.1, 0.15) is 0 Å². The number of piperidine rings is 1. The number of nitrogens with zero attached hydrogens (tertiary/aromatic N) is 1. The van der Waals surface area contributed by atoms with E-state index < -0.39 is 6.04 Å². The molecule has 1 aliphatic rings. The van der Waals surface area contributed by atoms with Gasteiger partial charge in [-0.3, -0.25) is 19.8 Å². The normalized spacial score (nSPS) is 21.7. The molecule has 1 fully saturated rings. The summed E-state index contributed by atoms with van der Waals surface area (Å²) in [5, 5.41) is 11.4. The Bertz CT molecular complexity index is 288. The Morgan fingerprint density at radius 3 is 2.80 bits per heavy atom. The van der Waals surface area contributed by atoms with Crippen LogP contribution in [-0.2, 0) is 9.59 Å². The van der Waals surface area contributed by atoms with Crippen LogP contribution in [0.5, 0.6) is 0 Å². The van der Waals surface area contributed by atoms with Crippen molar-refractivity contribution in [3.63, 3.8) is 0 Å². The van der Waals surface area contributed by atoms with E-state index in [0.29, 0.717) is 19.4 Å². The first-order chi connectivity index (χ1) is 7.04. The van der Waals surface area contributed by atoms with E-state index in [1.807, 2.05) is 6.92 Å². The Balaban J connectivity index is 2.63. The topological polar surface area (TPSA) is 69.6 Å². The largest absolute Gasteiger partial charge is 0.381 e. The highest BCUT2D eigenvalue weighted by Gasteiger charge is 2.30. The van der Waals surface area contributed by atoms with Crippen LogP contribution in [0.25, 0.3) is 0 Å². The van der Waals surface area contributed by atoms with Gasteiger partial charge in [0.25, 0.3) is 0 Å². The highest BCUT2D eigenvalue weighted by molar-refractivity contribution is 6.00. The van der Waals surface area contributed by atoms with Crippen molar-refractivity contribution in [3.8, 4) is 0 Å². The molecule has 0 radical (unpaired) electrons. The molecule has 0 spiro atoms. The molecule has 2 N–H and O–H groups in total. The molecule has 0 saturated carbocycles. The standard InChI is InChI=1S/C10H16N2O3/c1-7(2)5-12(6-13)8-3-4-9(14)11-10(8)15/h8,13H,1,3-6H2,2H3,(H,11,14,15). The number of aliphatic hydroxyl groups is 1. The number of carbonyl (C=O) groups excluding carboxylic acids is 2. The molecule has 0 aliphatic carbocycles. The minimum atomic E-state index is -0.426. The lowest BCUT2D eigenvalue weighted by Crippen LogP contribution is -2.53. The second-order valence-corrected chi connectivity index (χ2v) is 3.81. The fraction of sp³-hybridized carbons (Fsp3) is 0.600. The number of carbonyl (C=O) groups is 2. The summed E-state index contributed by atoms with van der Waals surface area (Å²) in [6.45, 7) is 5.81. The number of nitrogens with one attached hydrogen (secondary N) is 1. The van der Waals surface area contributed by atoms with Gasteiger partial charge in [-0.05, 0) is 13.3 Å². The molecule has 0 bridgehead atoms. The molecule has 5 nitrogen and oxygen atoms in total. The number of imide groups is 1. The van der Waals surface area contributed by atoms with E-state index in [2.05, 4.69) is 11.9 Å². The quantitative estimate of drug-likeness (QED) is 0.378. The number of hydrogen-bond donors (Lipinski definition) is 2. The third-order valence-electron chi connectivity index (χ3n) is 2.31. The highest BCUT2D eigenvalue weighted by atomic mass is 16.3. The molecule has 0 aromatic heterocycles. The van der Waals surface area contributed by atoms with Crippen molar-refractivity contribution in [2.24, 2.45) is 0 Å². The summed E-state index contributed by atoms with van der Waals surface area (Å²) in [4.78, 5) is 24.0. The van der Waals surface area contributed by atoms with Crippen LogP contribution in [-0.4, -0.2) is 41.1 Å². The van der Waals surface area contributed by atoms with Crippen molar-refractivity contribution in [2.45, 2.75) is 25.8 Å². The van der Waals surface area contributed by atoms with Gasteiger partial charge in [-0.15, -0.1) is 0 Å². The van der Waals surface area contributed by atoms with E-state index in [4.69, 9.17) is 5.11 Å². The third kappa shape index (κ3) is 3.14. The predicted octanol–water partition coefficient (Wildman–Crippen LogP) is -0.381. The molecule has 0 aromatic carbocycles. The second-order valence-electron chi connectivity index (χ2n) is 3.81. The summed E-state index contributed by atoms with van der Waals surface area (Å²) >= 11 is 0. The van der Waals surface area contributed by atoms with Crippen molar-refractivity contribution in [1.82, 2.24) is 10.2 Å². The van der Waals surface area contributed by atoms with Crippen molar-refractivity contribution >= 4 is 11.8 Å². The zero-order valence-corrected chi connectivity index (χ0v) is 8.82. The second kappa shape index (κ2) is 5.04. The van der Waals surface area contributed by atoms with Gasteiger partial charge in [-0.2, -0.15) is 0 Å². The molecule has 84 valence electrons. The maximum atomic E-state index is 11.5. The molecule has 0 aromatic rings. The number of amides is 2. The molecule has 2 amide bonds. The van der Waals surface area contributed by atoms with Gasteiger partial charge in [0.2, 0.25) is 11.8 Å². The van der Waals surface area contributed by atoms with Crippen LogP contribution in [0, 0.1) is 0 Å². The molecule has 5 heteroatoms. The van der Waals surface area contributed by atoms with E-state index >= 15 is 0 Å². The van der Waals surface area contributed by atoms with E-state index in [9.17, 15) is 9.59 Å². The summed E-state index contributed by atoms with van der Waals surface area (Å²) in [6, 6.07) is -0.426. The predicted molar refractivity (Wildman–Crippen MR) is 54.8 cm³/mol. The molecule has 1 atom stereocenters. The lowest BCUT2D eigenvalue weighted by molar-refractivity contribution is -0.138. The van der Waals surface area contributed by atoms with Crippen LogP contribution in [0.3, 0.4) is 0 Å². The Morgan fingerprint density at radius 1 is 1.67 bits per heavy atom. The van der Waals surface area contributed by atoms with Crippen molar-refractivity contribution in [1.29, 1.82) is 0 Å². The smallest absolute Gasteiger partial charge is 0.243 e. The summed E-state index contributed by atoms with van der Waals surface area (Å²) in [5.41, 5.74) is 0.869. The lowest BCUT2D eigenvalue weighted by atomic mass is 10.0. The zero-order chi connectivity index (χ0) is 11.4. The lowest BCUT2D eigenvalue weighted by Gasteiger charge is -2.31. The van der Waals surface area contributed by atoms with Gasteiger partial charge in [-0.25, -0.2) is 0 Å². The van der Waals surface area contributed by atoms with Crippen molar-refractivity contribution < 1.29 is 14.7 Å².